The van der Waals surface area contributed by atoms with Gasteiger partial charge in [0.25, 0.3) is 0 Å². The van der Waals surface area contributed by atoms with Crippen LogP contribution in [0.4, 0.5) is 5.69 Å². The summed E-state index contributed by atoms with van der Waals surface area (Å²) in [5, 5.41) is 4.03. The molecule has 2 aromatic rings. The van der Waals surface area contributed by atoms with Gasteiger partial charge in [-0.1, -0.05) is 17.7 Å². The number of allylic oxidation sites excluding steroid dienone is 1. The maximum Gasteiger partial charge on any atom is 0.190 e. The van der Waals surface area contributed by atoms with Crippen LogP contribution in [0.1, 0.15) is 23.2 Å². The molecule has 1 saturated heterocycles. The van der Waals surface area contributed by atoms with Crippen LogP contribution < -0.4 is 16.0 Å². The third-order valence-corrected chi connectivity index (χ3v) is 6.14. The van der Waals surface area contributed by atoms with Crippen molar-refractivity contribution in [2.24, 2.45) is 16.6 Å². The van der Waals surface area contributed by atoms with E-state index in [1.165, 1.54) is 5.69 Å². The molecule has 2 unspecified atom stereocenters. The van der Waals surface area contributed by atoms with Crippen LogP contribution in [-0.2, 0) is 0 Å². The SMILES string of the molecule is NC1(C(=O)c2ccc(Cl)cc2)C=CC=NC1NCC1CCN(c2ccncc2)CC1. The largest absolute Gasteiger partial charge is 0.371 e. The van der Waals surface area contributed by atoms with Gasteiger partial charge in [0.1, 0.15) is 11.7 Å². The van der Waals surface area contributed by atoms with Crippen molar-refractivity contribution in [2.75, 3.05) is 24.5 Å². The molecule has 7 heteroatoms. The van der Waals surface area contributed by atoms with E-state index < -0.39 is 11.7 Å². The predicted octanol–water partition coefficient (Wildman–Crippen LogP) is 3.09. The standard InChI is InChI=1S/C23H26ClN5O/c24-19-4-2-18(3-5-19)21(30)23(25)10-1-11-27-22(23)28-16-17-8-14-29(15-9-17)20-6-12-26-13-7-20/h1-7,10-13,17,22,28H,8-9,14-16,25H2. The molecule has 2 aliphatic heterocycles. The third-order valence-electron chi connectivity index (χ3n) is 5.89. The summed E-state index contributed by atoms with van der Waals surface area (Å²) in [6, 6.07) is 10.9. The number of halogens is 1. The number of nitrogens with two attached hydrogens (primary N) is 1. The van der Waals surface area contributed by atoms with Crippen LogP contribution in [0, 0.1) is 5.92 Å². The number of benzene rings is 1. The first-order valence-electron chi connectivity index (χ1n) is 10.2. The normalized spacial score (nSPS) is 24.2. The minimum atomic E-state index is -1.22. The van der Waals surface area contributed by atoms with Crippen molar-refractivity contribution < 1.29 is 4.79 Å². The quantitative estimate of drug-likeness (QED) is 0.697. The Balaban J connectivity index is 1.36. The molecule has 4 rings (SSSR count). The van der Waals surface area contributed by atoms with Gasteiger partial charge in [-0.2, -0.15) is 0 Å². The van der Waals surface area contributed by atoms with E-state index in [2.05, 4.69) is 20.2 Å². The summed E-state index contributed by atoms with van der Waals surface area (Å²) < 4.78 is 0. The van der Waals surface area contributed by atoms with Crippen LogP contribution >= 0.6 is 11.6 Å². The number of pyridine rings is 1. The van der Waals surface area contributed by atoms with Gasteiger partial charge < -0.3 is 10.6 Å². The molecule has 0 aliphatic carbocycles. The van der Waals surface area contributed by atoms with Crippen molar-refractivity contribution >= 4 is 29.3 Å². The topological polar surface area (TPSA) is 83.6 Å². The summed E-state index contributed by atoms with van der Waals surface area (Å²) in [6.07, 6.45) is 10.5. The Morgan fingerprint density at radius 3 is 2.57 bits per heavy atom. The predicted molar refractivity (Wildman–Crippen MR) is 121 cm³/mol. The van der Waals surface area contributed by atoms with Crippen molar-refractivity contribution in [1.29, 1.82) is 0 Å². The Labute approximate surface area is 181 Å². The molecule has 156 valence electrons. The van der Waals surface area contributed by atoms with Gasteiger partial charge >= 0.3 is 0 Å². The second-order valence-electron chi connectivity index (χ2n) is 7.87. The third kappa shape index (κ3) is 4.46. The van der Waals surface area contributed by atoms with E-state index in [1.54, 1.807) is 42.6 Å². The number of piperidine rings is 1. The maximum atomic E-state index is 13.1. The number of dihydropyridines is 1. The number of hydrogen-bond acceptors (Lipinski definition) is 6. The lowest BCUT2D eigenvalue weighted by Gasteiger charge is -2.37. The fourth-order valence-corrected chi connectivity index (χ4v) is 4.18. The van der Waals surface area contributed by atoms with Gasteiger partial charge in [0, 0.05) is 54.5 Å². The molecule has 30 heavy (non-hydrogen) atoms. The van der Waals surface area contributed by atoms with E-state index in [0.29, 0.717) is 16.5 Å². The number of Topliss-reactive ketones (excluding diaryl/α,β-unsaturated/α-hetero) is 1. The number of carbonyl (C=O) groups excluding carboxylic acids is 1. The average molecular weight is 424 g/mol. The fraction of sp³-hybridized carbons (Fsp3) is 0.348. The van der Waals surface area contributed by atoms with E-state index in [9.17, 15) is 4.79 Å². The highest BCUT2D eigenvalue weighted by Crippen LogP contribution is 2.25. The molecular formula is C23H26ClN5O. The molecule has 0 saturated carbocycles. The summed E-state index contributed by atoms with van der Waals surface area (Å²) >= 11 is 5.95. The van der Waals surface area contributed by atoms with Crippen LogP contribution in [0.5, 0.6) is 0 Å². The Hall–Kier alpha value is -2.54. The zero-order valence-electron chi connectivity index (χ0n) is 16.7. The maximum absolute atomic E-state index is 13.1. The number of nitrogens with one attached hydrogen (secondary N) is 1. The summed E-state index contributed by atoms with van der Waals surface area (Å²) in [6.45, 7) is 2.77. The number of rotatable bonds is 6. The van der Waals surface area contributed by atoms with Crippen molar-refractivity contribution in [1.82, 2.24) is 10.3 Å². The molecule has 2 atom stereocenters. The van der Waals surface area contributed by atoms with E-state index in [-0.39, 0.29) is 5.78 Å². The Morgan fingerprint density at radius 1 is 1.17 bits per heavy atom. The van der Waals surface area contributed by atoms with Gasteiger partial charge in [-0.15, -0.1) is 0 Å². The van der Waals surface area contributed by atoms with Crippen LogP contribution in [0.2, 0.25) is 5.02 Å². The van der Waals surface area contributed by atoms with Crippen LogP contribution in [0.25, 0.3) is 0 Å². The number of anilines is 1. The minimum Gasteiger partial charge on any atom is -0.371 e. The first kappa shape index (κ1) is 20.7. The van der Waals surface area contributed by atoms with E-state index >= 15 is 0 Å². The van der Waals surface area contributed by atoms with E-state index in [1.807, 2.05) is 24.5 Å². The molecule has 0 amide bonds. The smallest absolute Gasteiger partial charge is 0.190 e. The molecule has 0 bridgehead atoms. The van der Waals surface area contributed by atoms with Gasteiger partial charge in [0.05, 0.1) is 0 Å². The number of hydrogen-bond donors (Lipinski definition) is 2. The van der Waals surface area contributed by atoms with Gasteiger partial charge in [0.2, 0.25) is 0 Å². The van der Waals surface area contributed by atoms with Gasteiger partial charge in [0.15, 0.2) is 5.78 Å². The van der Waals surface area contributed by atoms with E-state index in [0.717, 1.165) is 32.5 Å². The van der Waals surface area contributed by atoms with Crippen LogP contribution in [-0.4, -0.2) is 48.3 Å². The summed E-state index contributed by atoms with van der Waals surface area (Å²) in [4.78, 5) is 24.1. The average Bonchev–Trinajstić information content (AvgIpc) is 2.79. The van der Waals surface area contributed by atoms with Crippen LogP contribution in [0.15, 0.2) is 65.9 Å². The Bertz CT molecular complexity index is 922. The second-order valence-corrected chi connectivity index (χ2v) is 8.31. The monoisotopic (exact) mass is 423 g/mol. The highest BCUT2D eigenvalue weighted by atomic mass is 35.5. The number of aliphatic imine (C=N–C) groups is 1. The van der Waals surface area contributed by atoms with Crippen molar-refractivity contribution in [2.45, 2.75) is 24.5 Å². The molecule has 0 spiro atoms. The molecule has 6 nitrogen and oxygen atoms in total. The molecule has 3 heterocycles. The lowest BCUT2D eigenvalue weighted by atomic mass is 9.85. The van der Waals surface area contributed by atoms with Crippen molar-refractivity contribution in [3.63, 3.8) is 0 Å². The molecular weight excluding hydrogens is 398 g/mol. The Kier molecular flexibility index (Phi) is 6.27. The number of aromatic nitrogens is 1. The Morgan fingerprint density at radius 2 is 1.87 bits per heavy atom. The van der Waals surface area contributed by atoms with Crippen molar-refractivity contribution in [3.8, 4) is 0 Å². The first-order chi connectivity index (χ1) is 14.6. The highest BCUT2D eigenvalue weighted by molar-refractivity contribution is 6.30. The number of nitrogens with zero attached hydrogens (tertiary/aromatic N) is 3. The lowest BCUT2D eigenvalue weighted by Crippen LogP contribution is -2.61. The van der Waals surface area contributed by atoms with Gasteiger partial charge in [-0.25, -0.2) is 0 Å². The minimum absolute atomic E-state index is 0.169. The lowest BCUT2D eigenvalue weighted by molar-refractivity contribution is 0.0890. The summed E-state index contributed by atoms with van der Waals surface area (Å²) in [5.74, 6) is 0.344. The zero-order valence-corrected chi connectivity index (χ0v) is 17.5. The zero-order chi connectivity index (χ0) is 21.0. The van der Waals surface area contributed by atoms with Crippen molar-refractivity contribution in [3.05, 3.63) is 71.5 Å². The van der Waals surface area contributed by atoms with Gasteiger partial charge in [-0.05, 0) is 61.2 Å². The van der Waals surface area contributed by atoms with Gasteiger partial charge in [-0.3, -0.25) is 20.1 Å². The molecule has 1 fully saturated rings. The van der Waals surface area contributed by atoms with E-state index in [4.69, 9.17) is 17.3 Å². The number of carbonyl (C=O) groups is 1. The summed E-state index contributed by atoms with van der Waals surface area (Å²) in [7, 11) is 0. The molecule has 1 aromatic carbocycles. The molecule has 0 radical (unpaired) electrons. The molecule has 2 aliphatic rings. The fourth-order valence-electron chi connectivity index (χ4n) is 4.05. The number of ketones is 1. The molecule has 1 aromatic heterocycles. The summed E-state index contributed by atoms with van der Waals surface area (Å²) in [5.41, 5.74) is 7.09. The second kappa shape index (κ2) is 9.08. The molecule has 3 N–H and O–H groups in total. The highest BCUT2D eigenvalue weighted by Gasteiger charge is 2.41. The van der Waals surface area contributed by atoms with Crippen LogP contribution in [0.3, 0.4) is 0 Å². The first-order valence-corrected chi connectivity index (χ1v) is 10.6.